The Morgan fingerprint density at radius 1 is 1.17 bits per heavy atom. The summed E-state index contributed by atoms with van der Waals surface area (Å²) in [7, 11) is -4.54. The number of amides is 1. The zero-order chi connectivity index (χ0) is 29.4. The van der Waals surface area contributed by atoms with Crippen LogP contribution >= 0.6 is 7.82 Å². The van der Waals surface area contributed by atoms with Gasteiger partial charge in [0.1, 0.15) is 23.8 Å². The Bertz CT molecular complexity index is 1310. The lowest BCUT2D eigenvalue weighted by atomic mass is 9.94. The van der Waals surface area contributed by atoms with Gasteiger partial charge < -0.3 is 35.8 Å². The van der Waals surface area contributed by atoms with Crippen molar-refractivity contribution in [2.75, 3.05) is 48.0 Å². The van der Waals surface area contributed by atoms with Gasteiger partial charge in [-0.2, -0.15) is 10.2 Å². The van der Waals surface area contributed by atoms with Crippen molar-refractivity contribution < 1.29 is 28.5 Å². The Kier molecular flexibility index (Phi) is 10.2. The predicted octanol–water partition coefficient (Wildman–Crippen LogP) is 2.00. The maximum Gasteiger partial charge on any atom is 0.490 e. The minimum atomic E-state index is -4.54. The molecule has 0 saturated carbocycles. The van der Waals surface area contributed by atoms with Crippen LogP contribution in [0.25, 0.3) is 0 Å². The van der Waals surface area contributed by atoms with Gasteiger partial charge in [-0.15, -0.1) is 0 Å². The van der Waals surface area contributed by atoms with Gasteiger partial charge in [0.25, 0.3) is 5.91 Å². The summed E-state index contributed by atoms with van der Waals surface area (Å²) in [5.41, 5.74) is 1.58. The number of aliphatic hydroxyl groups excluding tert-OH is 1. The number of aromatic nitrogens is 2. The molecule has 15 nitrogen and oxygen atoms in total. The van der Waals surface area contributed by atoms with Crippen molar-refractivity contribution >= 4 is 43.1 Å². The Labute approximate surface area is 237 Å². The molecule has 4 rings (SSSR count). The van der Waals surface area contributed by atoms with E-state index in [2.05, 4.69) is 40.7 Å². The highest BCUT2D eigenvalue weighted by atomic mass is 31.2. The normalized spacial score (nSPS) is 17.9. The van der Waals surface area contributed by atoms with Gasteiger partial charge in [0.05, 0.1) is 12.2 Å². The fourth-order valence-corrected chi connectivity index (χ4v) is 5.10. The van der Waals surface area contributed by atoms with Crippen LogP contribution in [0.2, 0.25) is 0 Å². The summed E-state index contributed by atoms with van der Waals surface area (Å²) >= 11 is 0. The van der Waals surface area contributed by atoms with Crippen LogP contribution in [-0.4, -0.2) is 71.1 Å². The number of phosphoric ester groups is 1. The summed E-state index contributed by atoms with van der Waals surface area (Å²) < 4.78 is 19.9. The molecule has 220 valence electrons. The summed E-state index contributed by atoms with van der Waals surface area (Å²) in [5.74, 6) is 4.71. The molecule has 2 aliphatic rings. The number of anilines is 4. The largest absolute Gasteiger partial charge is 0.490 e. The molecule has 2 saturated heterocycles. The van der Waals surface area contributed by atoms with Gasteiger partial charge in [-0.1, -0.05) is 0 Å². The van der Waals surface area contributed by atoms with Crippen molar-refractivity contribution in [3.05, 3.63) is 35.5 Å². The van der Waals surface area contributed by atoms with Gasteiger partial charge in [0, 0.05) is 50.2 Å². The number of piperidine rings is 2. The standard InChI is InChI=1S/C25H34N9O6P/c26-10-5-17-6-11-34(12-7-17)25-31-21(15-27)22(24(36)29-16-39-41(37,38)40-28)23(32-25)30-18-1-3-19(4-2-18)33-13-8-20(35)9-14-33/h1-4,15,17,20,27,35H,5-9,11-14,16,28H2,(H,29,36)(H,37,38)(H,30,31,32). The molecule has 1 aromatic heterocycles. The zero-order valence-corrected chi connectivity index (χ0v) is 23.3. The minimum Gasteiger partial charge on any atom is -0.393 e. The highest BCUT2D eigenvalue weighted by Gasteiger charge is 2.27. The van der Waals surface area contributed by atoms with E-state index in [1.54, 1.807) is 0 Å². The highest BCUT2D eigenvalue weighted by Crippen LogP contribution is 2.40. The van der Waals surface area contributed by atoms with Crippen molar-refractivity contribution in [1.82, 2.24) is 15.3 Å². The molecular weight excluding hydrogens is 553 g/mol. The van der Waals surface area contributed by atoms with Crippen molar-refractivity contribution in [3.63, 3.8) is 0 Å². The van der Waals surface area contributed by atoms with Crippen LogP contribution in [0.15, 0.2) is 24.3 Å². The first-order chi connectivity index (χ1) is 19.7. The van der Waals surface area contributed by atoms with E-state index in [1.807, 2.05) is 29.2 Å². The summed E-state index contributed by atoms with van der Waals surface area (Å²) in [6.45, 7) is 2.03. The summed E-state index contributed by atoms with van der Waals surface area (Å²) in [4.78, 5) is 35.7. The number of nitrogens with zero attached hydrogens (tertiary/aromatic N) is 5. The number of aliphatic hydroxyl groups is 1. The molecule has 0 radical (unpaired) electrons. The molecule has 1 aromatic carbocycles. The molecule has 2 aromatic rings. The first-order valence-corrected chi connectivity index (χ1v) is 14.7. The topological polar surface area (TPSA) is 223 Å². The average Bonchev–Trinajstić information content (AvgIpc) is 2.98. The van der Waals surface area contributed by atoms with Crippen LogP contribution in [0.4, 0.5) is 23.1 Å². The number of nitriles is 1. The third kappa shape index (κ3) is 7.98. The van der Waals surface area contributed by atoms with Crippen molar-refractivity contribution in [1.29, 1.82) is 10.7 Å². The van der Waals surface area contributed by atoms with Crippen LogP contribution in [0.5, 0.6) is 0 Å². The van der Waals surface area contributed by atoms with Crippen LogP contribution in [0.3, 0.4) is 0 Å². The Morgan fingerprint density at radius 2 is 1.83 bits per heavy atom. The monoisotopic (exact) mass is 587 g/mol. The summed E-state index contributed by atoms with van der Waals surface area (Å²) in [6.07, 6.45) is 4.13. The Balaban J connectivity index is 1.60. The lowest BCUT2D eigenvalue weighted by molar-refractivity contribution is 0.0885. The molecule has 1 unspecified atom stereocenters. The molecule has 2 fully saturated rings. The van der Waals surface area contributed by atoms with Crippen LogP contribution in [-0.2, 0) is 13.7 Å². The van der Waals surface area contributed by atoms with Crippen molar-refractivity contribution in [2.24, 2.45) is 11.8 Å². The van der Waals surface area contributed by atoms with Crippen LogP contribution in [0, 0.1) is 22.7 Å². The number of hydrogen-bond donors (Lipinski definition) is 6. The molecule has 7 N–H and O–H groups in total. The number of hydrogen-bond acceptors (Lipinski definition) is 13. The van der Waals surface area contributed by atoms with E-state index >= 15 is 0 Å². The Hall–Kier alpha value is -3.64. The third-order valence-electron chi connectivity index (χ3n) is 7.12. The number of benzene rings is 1. The molecule has 1 amide bonds. The molecule has 1 atom stereocenters. The maximum absolute atomic E-state index is 13.2. The zero-order valence-electron chi connectivity index (χ0n) is 22.4. The van der Waals surface area contributed by atoms with E-state index in [9.17, 15) is 19.4 Å². The molecule has 3 heterocycles. The molecule has 41 heavy (non-hydrogen) atoms. The minimum absolute atomic E-state index is 0.0277. The van der Waals surface area contributed by atoms with Crippen LogP contribution < -0.4 is 26.3 Å². The molecule has 16 heteroatoms. The van der Waals surface area contributed by atoms with Gasteiger partial charge in [0.15, 0.2) is 0 Å². The van der Waals surface area contributed by atoms with Crippen molar-refractivity contribution in [2.45, 2.75) is 38.2 Å². The second-order valence-electron chi connectivity index (χ2n) is 9.81. The molecule has 0 aliphatic carbocycles. The molecule has 0 bridgehead atoms. The lowest BCUT2D eigenvalue weighted by Gasteiger charge is -2.32. The van der Waals surface area contributed by atoms with E-state index in [1.165, 1.54) is 0 Å². The summed E-state index contributed by atoms with van der Waals surface area (Å²) in [5, 5.41) is 32.3. The number of rotatable bonds is 11. The SMILES string of the molecule is N#CCC1CCN(c2nc(C=N)c(C(=O)NCOP(=O)(O)ON)c(Nc3ccc(N4CCC(O)CC4)cc3)n2)CC1. The van der Waals surface area contributed by atoms with E-state index in [4.69, 9.17) is 16.6 Å². The smallest absolute Gasteiger partial charge is 0.393 e. The predicted molar refractivity (Wildman–Crippen MR) is 151 cm³/mol. The van der Waals surface area contributed by atoms with Gasteiger partial charge in [-0.25, -0.2) is 20.1 Å². The quantitative estimate of drug-likeness (QED) is 0.0959. The van der Waals surface area contributed by atoms with Gasteiger partial charge in [-0.3, -0.25) is 9.32 Å². The number of nitrogens with two attached hydrogens (primary N) is 1. The van der Waals surface area contributed by atoms with Gasteiger partial charge in [0.2, 0.25) is 5.95 Å². The van der Waals surface area contributed by atoms with Crippen LogP contribution in [0.1, 0.15) is 48.2 Å². The lowest BCUT2D eigenvalue weighted by Crippen LogP contribution is -2.36. The first kappa shape index (κ1) is 30.3. The summed E-state index contributed by atoms with van der Waals surface area (Å²) in [6, 6.07) is 9.75. The number of phosphoric acid groups is 1. The second kappa shape index (κ2) is 13.8. The number of carbonyl (C=O) groups is 1. The second-order valence-corrected chi connectivity index (χ2v) is 11.2. The first-order valence-electron chi connectivity index (χ1n) is 13.2. The molecule has 2 aliphatic heterocycles. The van der Waals surface area contributed by atoms with E-state index in [-0.39, 0.29) is 23.2 Å². The van der Waals surface area contributed by atoms with Gasteiger partial charge in [-0.05, 0) is 55.9 Å². The van der Waals surface area contributed by atoms with Gasteiger partial charge >= 0.3 is 7.82 Å². The van der Waals surface area contributed by atoms with Crippen molar-refractivity contribution in [3.8, 4) is 6.07 Å². The maximum atomic E-state index is 13.2. The van der Waals surface area contributed by atoms with E-state index < -0.39 is 20.5 Å². The van der Waals surface area contributed by atoms with E-state index in [0.717, 1.165) is 37.8 Å². The van der Waals surface area contributed by atoms with E-state index in [0.29, 0.717) is 49.9 Å². The number of nitrogens with one attached hydrogen (secondary N) is 3. The average molecular weight is 588 g/mol. The third-order valence-corrected chi connectivity index (χ3v) is 7.84. The fraction of sp³-hybridized carbons (Fsp3) is 0.480. The Morgan fingerprint density at radius 3 is 2.44 bits per heavy atom. The molecule has 0 spiro atoms. The molecular formula is C25H34N9O6P. The fourth-order valence-electron chi connectivity index (χ4n) is 4.81. The highest BCUT2D eigenvalue weighted by molar-refractivity contribution is 7.47. The number of carbonyl (C=O) groups excluding carboxylic acids is 1.